The molecule has 8 heteroatoms. The second kappa shape index (κ2) is 12.7. The number of nitrogens with zero attached hydrogens (tertiary/aromatic N) is 5. The van der Waals surface area contributed by atoms with Gasteiger partial charge in [0.1, 0.15) is 0 Å². The average molecular weight is 469 g/mol. The lowest BCUT2D eigenvalue weighted by Crippen LogP contribution is -2.48. The summed E-state index contributed by atoms with van der Waals surface area (Å²) in [6.45, 7) is 11.7. The summed E-state index contributed by atoms with van der Waals surface area (Å²) in [5.41, 5.74) is 4.85. The molecular weight excluding hydrogens is 432 g/mol. The summed E-state index contributed by atoms with van der Waals surface area (Å²) in [4.78, 5) is 21.1. The highest BCUT2D eigenvalue weighted by Crippen LogP contribution is 2.16. The van der Waals surface area contributed by atoms with Gasteiger partial charge in [-0.1, -0.05) is 18.6 Å². The van der Waals surface area contributed by atoms with Crippen molar-refractivity contribution in [1.82, 2.24) is 19.7 Å². The van der Waals surface area contributed by atoms with Crippen molar-refractivity contribution in [2.24, 2.45) is 5.18 Å². The Bertz CT molecular complexity index is 906. The third-order valence-corrected chi connectivity index (χ3v) is 6.67. The number of anilines is 1. The van der Waals surface area contributed by atoms with Crippen molar-refractivity contribution in [3.8, 4) is 0 Å². The van der Waals surface area contributed by atoms with Gasteiger partial charge in [0, 0.05) is 44.6 Å². The molecule has 0 bridgehead atoms. The lowest BCUT2D eigenvalue weighted by Gasteiger charge is -2.34. The monoisotopic (exact) mass is 468 g/mol. The first-order chi connectivity index (χ1) is 15.9. The zero-order valence-electron chi connectivity index (χ0n) is 20.1. The molecule has 33 heavy (non-hydrogen) atoms. The molecule has 0 unspecified atom stereocenters. The van der Waals surface area contributed by atoms with Gasteiger partial charge in [-0.2, -0.15) is 0 Å². The van der Waals surface area contributed by atoms with Crippen LogP contribution in [0.4, 0.5) is 11.5 Å². The lowest BCUT2D eigenvalue weighted by atomic mass is 10.1. The number of likely N-dealkylation sites (N-methyl/N-ethyl adjacent to an activating group) is 1. The number of benzene rings is 1. The zero-order valence-corrected chi connectivity index (χ0v) is 20.9. The third kappa shape index (κ3) is 8.14. The fourth-order valence-electron chi connectivity index (χ4n) is 3.97. The molecule has 4 rings (SSSR count). The van der Waals surface area contributed by atoms with E-state index in [4.69, 9.17) is 12.2 Å². The highest BCUT2D eigenvalue weighted by molar-refractivity contribution is 7.80. The van der Waals surface area contributed by atoms with Crippen molar-refractivity contribution >= 4 is 28.8 Å². The van der Waals surface area contributed by atoms with Crippen molar-refractivity contribution in [3.05, 3.63) is 58.1 Å². The van der Waals surface area contributed by atoms with Crippen LogP contribution < -0.4 is 5.32 Å². The molecule has 0 radical (unpaired) electrons. The molecule has 0 atom stereocenters. The van der Waals surface area contributed by atoms with Crippen LogP contribution in [0.15, 0.2) is 41.7 Å². The summed E-state index contributed by atoms with van der Waals surface area (Å²) in [6.07, 6.45) is 5.68. The van der Waals surface area contributed by atoms with Crippen LogP contribution >= 0.6 is 12.2 Å². The number of piperazine rings is 1. The van der Waals surface area contributed by atoms with Gasteiger partial charge in [0.2, 0.25) is 0 Å². The van der Waals surface area contributed by atoms with Crippen LogP contribution in [0, 0.1) is 18.8 Å². The van der Waals surface area contributed by atoms with Crippen molar-refractivity contribution in [2.45, 2.75) is 39.7 Å². The van der Waals surface area contributed by atoms with E-state index in [9.17, 15) is 4.91 Å². The fourth-order valence-corrected chi connectivity index (χ4v) is 4.27. The molecule has 178 valence electrons. The molecule has 0 aliphatic carbocycles. The molecule has 0 spiro atoms. The average Bonchev–Trinajstić information content (AvgIpc) is 2.83. The van der Waals surface area contributed by atoms with Crippen molar-refractivity contribution in [2.75, 3.05) is 51.6 Å². The van der Waals surface area contributed by atoms with Crippen LogP contribution in [0.2, 0.25) is 0 Å². The maximum Gasteiger partial charge on any atom is 0.196 e. The summed E-state index contributed by atoms with van der Waals surface area (Å²) in [7, 11) is 2.15. The van der Waals surface area contributed by atoms with E-state index in [1.807, 2.05) is 6.07 Å². The predicted octanol–water partition coefficient (Wildman–Crippen LogP) is 4.71. The Labute approximate surface area is 203 Å². The summed E-state index contributed by atoms with van der Waals surface area (Å²) < 4.78 is 0. The van der Waals surface area contributed by atoms with Crippen LogP contribution in [0.25, 0.3) is 0 Å². The molecule has 2 aliphatic rings. The Balaban J connectivity index is 0.000000189. The minimum atomic E-state index is 0.261. The van der Waals surface area contributed by atoms with E-state index >= 15 is 0 Å². The van der Waals surface area contributed by atoms with Crippen LogP contribution in [0.3, 0.4) is 0 Å². The summed E-state index contributed by atoms with van der Waals surface area (Å²) in [5, 5.41) is 6.96. The SMILES string of the molecule is Cc1ccc(NC(=S)N2CCN(C)CC2)cc1C.O=Nc1ccc(CN2CCCCC2)cn1. The first-order valence-corrected chi connectivity index (χ1v) is 12.2. The van der Waals surface area contributed by atoms with E-state index in [-0.39, 0.29) is 5.82 Å². The second-order valence-corrected chi connectivity index (χ2v) is 9.36. The number of nitrogens with one attached hydrogen (secondary N) is 1. The molecule has 2 aromatic rings. The number of hydrogen-bond donors (Lipinski definition) is 1. The molecule has 2 saturated heterocycles. The first kappa shape index (κ1) is 25.2. The van der Waals surface area contributed by atoms with E-state index in [0.717, 1.165) is 49.1 Å². The molecule has 0 amide bonds. The summed E-state index contributed by atoms with van der Waals surface area (Å²) in [6, 6.07) is 9.97. The molecule has 7 nitrogen and oxygen atoms in total. The Morgan fingerprint density at radius 1 is 1.00 bits per heavy atom. The lowest BCUT2D eigenvalue weighted by molar-refractivity contribution is 0.217. The number of nitroso groups, excluding NO2 is 1. The maximum atomic E-state index is 10.2. The Morgan fingerprint density at radius 3 is 2.33 bits per heavy atom. The van der Waals surface area contributed by atoms with Crippen LogP contribution in [-0.4, -0.2) is 71.1 Å². The van der Waals surface area contributed by atoms with Crippen molar-refractivity contribution in [3.63, 3.8) is 0 Å². The summed E-state index contributed by atoms with van der Waals surface area (Å²) >= 11 is 5.47. The third-order valence-electron chi connectivity index (χ3n) is 6.31. The smallest absolute Gasteiger partial charge is 0.196 e. The van der Waals surface area contributed by atoms with E-state index in [1.54, 1.807) is 12.3 Å². The standard InChI is InChI=1S/C14H21N3S.C11H15N3O/c1-11-4-5-13(10-12(11)2)15-14(18)17-8-6-16(3)7-9-17;15-13-11-5-4-10(8-12-11)9-14-6-2-1-3-7-14/h4-5,10H,6-9H2,1-3H3,(H,15,18);4-5,8H,1-3,6-7,9H2. The maximum absolute atomic E-state index is 10.2. The normalized spacial score (nSPS) is 17.1. The molecule has 2 fully saturated rings. The minimum Gasteiger partial charge on any atom is -0.346 e. The van der Waals surface area contributed by atoms with Crippen molar-refractivity contribution < 1.29 is 0 Å². The van der Waals surface area contributed by atoms with Gasteiger partial charge in [-0.25, -0.2) is 4.98 Å². The molecular formula is C25H36N6OS. The number of aromatic nitrogens is 1. The van der Waals surface area contributed by atoms with Gasteiger partial charge in [0.15, 0.2) is 10.9 Å². The number of rotatable bonds is 4. The molecule has 2 aliphatic heterocycles. The number of thiocarbonyl (C=S) groups is 1. The Kier molecular flexibility index (Phi) is 9.72. The predicted molar refractivity (Wildman–Crippen MR) is 140 cm³/mol. The van der Waals surface area contributed by atoms with Crippen LogP contribution in [-0.2, 0) is 6.54 Å². The molecule has 1 aromatic heterocycles. The zero-order chi connectivity index (χ0) is 23.6. The second-order valence-electron chi connectivity index (χ2n) is 8.97. The topological polar surface area (TPSA) is 64.1 Å². The number of likely N-dealkylation sites (tertiary alicyclic amines) is 1. The van der Waals surface area contributed by atoms with E-state index in [1.165, 1.54) is 43.5 Å². The van der Waals surface area contributed by atoms with Gasteiger partial charge in [0.05, 0.1) is 0 Å². The molecule has 1 N–H and O–H groups in total. The fraction of sp³-hybridized carbons (Fsp3) is 0.520. The van der Waals surface area contributed by atoms with Crippen molar-refractivity contribution in [1.29, 1.82) is 0 Å². The van der Waals surface area contributed by atoms with Gasteiger partial charge in [-0.3, -0.25) is 4.90 Å². The molecule has 0 saturated carbocycles. The minimum absolute atomic E-state index is 0.261. The van der Waals surface area contributed by atoms with Crippen LogP contribution in [0.1, 0.15) is 36.0 Å². The van der Waals surface area contributed by atoms with Gasteiger partial charge in [0.25, 0.3) is 0 Å². The van der Waals surface area contributed by atoms with Crippen LogP contribution in [0.5, 0.6) is 0 Å². The van der Waals surface area contributed by atoms with E-state index in [0.29, 0.717) is 0 Å². The van der Waals surface area contributed by atoms with Gasteiger partial charge < -0.3 is 15.1 Å². The molecule has 1 aromatic carbocycles. The first-order valence-electron chi connectivity index (χ1n) is 11.8. The number of hydrogen-bond acceptors (Lipinski definition) is 6. The van der Waals surface area contributed by atoms with Gasteiger partial charge >= 0.3 is 0 Å². The number of piperidine rings is 1. The Morgan fingerprint density at radius 2 is 1.73 bits per heavy atom. The highest BCUT2D eigenvalue weighted by Gasteiger charge is 2.16. The quantitative estimate of drug-likeness (QED) is 0.515. The van der Waals surface area contributed by atoms with E-state index in [2.05, 4.69) is 69.3 Å². The Hall–Kier alpha value is -2.42. The number of aryl methyl sites for hydroxylation is 2. The largest absolute Gasteiger partial charge is 0.346 e. The van der Waals surface area contributed by atoms with Gasteiger partial charge in [-0.05, 0) is 99.1 Å². The van der Waals surface area contributed by atoms with Gasteiger partial charge in [-0.15, -0.1) is 4.91 Å². The van der Waals surface area contributed by atoms with E-state index < -0.39 is 0 Å². The highest BCUT2D eigenvalue weighted by atomic mass is 32.1. The molecule has 3 heterocycles. The summed E-state index contributed by atoms with van der Waals surface area (Å²) in [5.74, 6) is 0.261. The number of pyridine rings is 1.